The number of para-hydroxylation sites is 1. The summed E-state index contributed by atoms with van der Waals surface area (Å²) in [6, 6.07) is 7.07. The van der Waals surface area contributed by atoms with Crippen LogP contribution in [0.1, 0.15) is 23.0 Å². The summed E-state index contributed by atoms with van der Waals surface area (Å²) in [4.78, 5) is 14.1. The lowest BCUT2D eigenvalue weighted by Crippen LogP contribution is -2.38. The second kappa shape index (κ2) is 9.41. The maximum Gasteiger partial charge on any atom is 0.406 e. The number of fused-ring (bicyclic) bond motifs is 1. The Morgan fingerprint density at radius 2 is 1.97 bits per heavy atom. The van der Waals surface area contributed by atoms with Crippen molar-refractivity contribution in [1.82, 2.24) is 14.8 Å². The van der Waals surface area contributed by atoms with Gasteiger partial charge in [0.15, 0.2) is 5.16 Å². The van der Waals surface area contributed by atoms with Crippen LogP contribution in [-0.4, -0.2) is 59.8 Å². The van der Waals surface area contributed by atoms with Crippen LogP contribution in [-0.2, 0) is 21.8 Å². The van der Waals surface area contributed by atoms with E-state index in [1.54, 1.807) is 36.1 Å². The molecule has 0 aliphatic carbocycles. The quantitative estimate of drug-likeness (QED) is 0.380. The summed E-state index contributed by atoms with van der Waals surface area (Å²) in [5.41, 5.74) is 1.04. The molecule has 1 aliphatic heterocycles. The predicted octanol–water partition coefficient (Wildman–Crippen LogP) is 3.89. The second-order valence-corrected chi connectivity index (χ2v) is 7.94. The van der Waals surface area contributed by atoms with Crippen molar-refractivity contribution in [1.29, 1.82) is 0 Å². The number of aromatic nitrogens is 3. The highest BCUT2D eigenvalue weighted by Crippen LogP contribution is 2.34. The van der Waals surface area contributed by atoms with Crippen LogP contribution in [0.5, 0.6) is 0 Å². The monoisotopic (exact) mass is 470 g/mol. The fourth-order valence-corrected chi connectivity index (χ4v) is 4.40. The third kappa shape index (κ3) is 4.85. The van der Waals surface area contributed by atoms with Crippen LogP contribution in [0.2, 0.25) is 0 Å². The molecule has 1 aromatic carbocycles. The minimum atomic E-state index is -4.45. The van der Waals surface area contributed by atoms with E-state index in [0.717, 1.165) is 16.3 Å². The van der Waals surface area contributed by atoms with Gasteiger partial charge in [-0.15, -0.1) is 10.2 Å². The van der Waals surface area contributed by atoms with Crippen molar-refractivity contribution in [3.05, 3.63) is 35.6 Å². The number of nitrogens with zero attached hydrogens (tertiary/aromatic N) is 4. The van der Waals surface area contributed by atoms with Crippen molar-refractivity contribution in [3.8, 4) is 0 Å². The van der Waals surface area contributed by atoms with E-state index >= 15 is 0 Å². The van der Waals surface area contributed by atoms with Gasteiger partial charge in [-0.3, -0.25) is 4.57 Å². The van der Waals surface area contributed by atoms with Crippen molar-refractivity contribution < 1.29 is 31.9 Å². The summed E-state index contributed by atoms with van der Waals surface area (Å²) in [7, 11) is 0. The van der Waals surface area contributed by atoms with Gasteiger partial charge in [0.05, 0.1) is 19.8 Å². The minimum Gasteiger partial charge on any atom is -0.460 e. The summed E-state index contributed by atoms with van der Waals surface area (Å²) in [5.74, 6) is -0.277. The standard InChI is InChI=1S/C20H21F3N4O4S/c1-2-30-17(28)16-14(13-5-3-4-6-15(13)31-16)11-32-19-25-24-18(26-7-9-29-10-8-26)27(19)12-20(21,22)23/h3-6H,2,7-12H2,1H3. The molecule has 2 aromatic heterocycles. The lowest BCUT2D eigenvalue weighted by molar-refractivity contribution is -0.141. The first-order valence-electron chi connectivity index (χ1n) is 10.0. The van der Waals surface area contributed by atoms with E-state index < -0.39 is 18.7 Å². The van der Waals surface area contributed by atoms with Gasteiger partial charge < -0.3 is 18.8 Å². The molecule has 3 heterocycles. The molecule has 4 rings (SSSR count). The van der Waals surface area contributed by atoms with E-state index in [9.17, 15) is 18.0 Å². The first kappa shape index (κ1) is 22.5. The molecular weight excluding hydrogens is 449 g/mol. The van der Waals surface area contributed by atoms with Crippen LogP contribution < -0.4 is 4.90 Å². The Morgan fingerprint density at radius 3 is 2.69 bits per heavy atom. The molecule has 8 nitrogen and oxygen atoms in total. The molecule has 172 valence electrons. The van der Waals surface area contributed by atoms with E-state index in [2.05, 4.69) is 10.2 Å². The van der Waals surface area contributed by atoms with Gasteiger partial charge in [-0.05, 0) is 13.0 Å². The molecule has 0 saturated carbocycles. The molecule has 0 bridgehead atoms. The topological polar surface area (TPSA) is 82.6 Å². The number of carbonyl (C=O) groups is 1. The van der Waals surface area contributed by atoms with Crippen LogP contribution in [0.4, 0.5) is 19.1 Å². The smallest absolute Gasteiger partial charge is 0.406 e. The Morgan fingerprint density at radius 1 is 1.22 bits per heavy atom. The molecule has 0 atom stereocenters. The number of rotatable bonds is 7. The Kier molecular flexibility index (Phi) is 6.60. The third-order valence-corrected chi connectivity index (χ3v) is 5.83. The molecule has 12 heteroatoms. The zero-order valence-electron chi connectivity index (χ0n) is 17.2. The van der Waals surface area contributed by atoms with Gasteiger partial charge in [0.1, 0.15) is 12.1 Å². The number of ether oxygens (including phenoxy) is 2. The van der Waals surface area contributed by atoms with Crippen LogP contribution in [0.25, 0.3) is 11.0 Å². The van der Waals surface area contributed by atoms with E-state index in [4.69, 9.17) is 13.9 Å². The Bertz CT molecular complexity index is 1090. The molecule has 1 fully saturated rings. The summed E-state index contributed by atoms with van der Waals surface area (Å²) in [6.07, 6.45) is -4.45. The lowest BCUT2D eigenvalue weighted by atomic mass is 10.1. The minimum absolute atomic E-state index is 0.0378. The summed E-state index contributed by atoms with van der Waals surface area (Å²) in [5, 5.41) is 8.83. The van der Waals surface area contributed by atoms with E-state index in [1.165, 1.54) is 0 Å². The van der Waals surface area contributed by atoms with Crippen LogP contribution >= 0.6 is 11.8 Å². The number of morpholine rings is 1. The zero-order valence-corrected chi connectivity index (χ0v) is 18.0. The molecule has 32 heavy (non-hydrogen) atoms. The fraction of sp³-hybridized carbons (Fsp3) is 0.450. The summed E-state index contributed by atoms with van der Waals surface area (Å²) < 4.78 is 57.1. The first-order valence-corrected chi connectivity index (χ1v) is 11.0. The maximum absolute atomic E-state index is 13.3. The highest BCUT2D eigenvalue weighted by atomic mass is 32.2. The first-order chi connectivity index (χ1) is 15.4. The van der Waals surface area contributed by atoms with Gasteiger partial charge in [0.25, 0.3) is 0 Å². The SMILES string of the molecule is CCOC(=O)c1oc2ccccc2c1CSc1nnc(N2CCOCC2)n1CC(F)(F)F. The predicted molar refractivity (Wildman–Crippen MR) is 111 cm³/mol. The maximum atomic E-state index is 13.3. The average Bonchev–Trinajstić information content (AvgIpc) is 3.33. The van der Waals surface area contributed by atoms with Gasteiger partial charge in [-0.25, -0.2) is 4.79 Å². The number of anilines is 1. The molecule has 3 aromatic rings. The molecule has 0 spiro atoms. The van der Waals surface area contributed by atoms with Crippen molar-refractivity contribution in [3.63, 3.8) is 0 Å². The highest BCUT2D eigenvalue weighted by molar-refractivity contribution is 7.98. The Labute approximate surface area is 185 Å². The fourth-order valence-electron chi connectivity index (χ4n) is 3.44. The second-order valence-electron chi connectivity index (χ2n) is 7.00. The number of esters is 1. The zero-order chi connectivity index (χ0) is 22.7. The van der Waals surface area contributed by atoms with Crippen molar-refractivity contribution >= 4 is 34.6 Å². The number of hydrogen-bond acceptors (Lipinski definition) is 8. The molecule has 0 unspecified atom stereocenters. The van der Waals surface area contributed by atoms with Crippen LogP contribution in [0, 0.1) is 0 Å². The Balaban J connectivity index is 1.65. The van der Waals surface area contributed by atoms with Gasteiger partial charge in [0, 0.05) is 29.8 Å². The van der Waals surface area contributed by atoms with Crippen molar-refractivity contribution in [2.24, 2.45) is 0 Å². The number of hydrogen-bond donors (Lipinski definition) is 0. The number of alkyl halides is 3. The van der Waals surface area contributed by atoms with Gasteiger partial charge in [-0.1, -0.05) is 30.0 Å². The van der Waals surface area contributed by atoms with Gasteiger partial charge in [0.2, 0.25) is 11.7 Å². The largest absolute Gasteiger partial charge is 0.460 e. The van der Waals surface area contributed by atoms with Crippen molar-refractivity contribution in [2.75, 3.05) is 37.8 Å². The van der Waals surface area contributed by atoms with Crippen LogP contribution in [0.3, 0.4) is 0 Å². The number of furan rings is 1. The van der Waals surface area contributed by atoms with Crippen LogP contribution in [0.15, 0.2) is 33.8 Å². The molecule has 0 N–H and O–H groups in total. The normalized spacial score (nSPS) is 14.8. The van der Waals surface area contributed by atoms with Gasteiger partial charge >= 0.3 is 12.1 Å². The van der Waals surface area contributed by atoms with Crippen molar-refractivity contribution in [2.45, 2.75) is 30.6 Å². The van der Waals surface area contributed by atoms with E-state index in [-0.39, 0.29) is 29.2 Å². The van der Waals surface area contributed by atoms with Gasteiger partial charge in [-0.2, -0.15) is 13.2 Å². The molecule has 0 radical (unpaired) electrons. The molecular formula is C20H21F3N4O4S. The lowest BCUT2D eigenvalue weighted by Gasteiger charge is -2.28. The molecule has 1 saturated heterocycles. The molecule has 1 aliphatic rings. The summed E-state index contributed by atoms with van der Waals surface area (Å²) >= 11 is 1.06. The molecule has 0 amide bonds. The van der Waals surface area contributed by atoms with E-state index in [1.807, 2.05) is 0 Å². The highest BCUT2D eigenvalue weighted by Gasteiger charge is 2.33. The number of halogens is 3. The third-order valence-electron chi connectivity index (χ3n) is 4.83. The van der Waals surface area contributed by atoms with E-state index in [0.29, 0.717) is 42.8 Å². The number of carbonyl (C=O) groups excluding carboxylic acids is 1. The number of benzene rings is 1. The Hall–Kier alpha value is -2.73. The summed E-state index contributed by atoms with van der Waals surface area (Å²) in [6.45, 7) is 2.31. The number of thioether (sulfide) groups is 1. The average molecular weight is 470 g/mol.